The zero-order chi connectivity index (χ0) is 15.9. The molecule has 0 aliphatic heterocycles. The van der Waals surface area contributed by atoms with E-state index in [9.17, 15) is 4.79 Å². The second-order valence-corrected chi connectivity index (χ2v) is 5.23. The van der Waals surface area contributed by atoms with Crippen molar-refractivity contribution >= 4 is 23.2 Å². The number of halogens is 1. The topological polar surface area (TPSA) is 50.7 Å². The smallest absolute Gasteiger partial charge is 0.277 e. The van der Waals surface area contributed by atoms with Gasteiger partial charge in [-0.15, -0.1) is 0 Å². The standard InChI is InChI=1S/C17H17ClN2O2/c1-12-5-3-4-6-16(12)22-11-17(21)20-19-13(2)14-7-9-15(18)10-8-14/h3-10H,11H2,1-2H3,(H,20,21)/b19-13-. The lowest BCUT2D eigenvalue weighted by molar-refractivity contribution is -0.123. The van der Waals surface area contributed by atoms with Gasteiger partial charge in [0.05, 0.1) is 5.71 Å². The molecule has 1 N–H and O–H groups in total. The normalized spacial score (nSPS) is 11.1. The molecular weight excluding hydrogens is 300 g/mol. The van der Waals surface area contributed by atoms with E-state index in [1.165, 1.54) is 0 Å². The molecule has 0 saturated heterocycles. The molecule has 0 aromatic heterocycles. The first-order valence-electron chi connectivity index (χ1n) is 6.84. The molecular formula is C17H17ClN2O2. The average Bonchev–Trinajstić information content (AvgIpc) is 2.52. The third-order valence-electron chi connectivity index (χ3n) is 3.06. The molecule has 0 radical (unpaired) electrons. The Morgan fingerprint density at radius 1 is 1.18 bits per heavy atom. The summed E-state index contributed by atoms with van der Waals surface area (Å²) in [7, 11) is 0. The van der Waals surface area contributed by atoms with Crippen LogP contribution in [-0.4, -0.2) is 18.2 Å². The number of benzene rings is 2. The molecule has 2 rings (SSSR count). The maximum atomic E-state index is 11.8. The van der Waals surface area contributed by atoms with Gasteiger partial charge in [-0.3, -0.25) is 4.79 Å². The molecule has 0 aliphatic carbocycles. The van der Waals surface area contributed by atoms with Gasteiger partial charge in [-0.2, -0.15) is 5.10 Å². The number of nitrogens with one attached hydrogen (secondary N) is 1. The maximum Gasteiger partial charge on any atom is 0.277 e. The van der Waals surface area contributed by atoms with E-state index in [0.29, 0.717) is 16.5 Å². The van der Waals surface area contributed by atoms with E-state index in [4.69, 9.17) is 16.3 Å². The highest BCUT2D eigenvalue weighted by atomic mass is 35.5. The summed E-state index contributed by atoms with van der Waals surface area (Å²) in [6.07, 6.45) is 0. The zero-order valence-corrected chi connectivity index (χ0v) is 13.2. The van der Waals surface area contributed by atoms with Gasteiger partial charge >= 0.3 is 0 Å². The van der Waals surface area contributed by atoms with E-state index in [-0.39, 0.29) is 12.5 Å². The van der Waals surface area contributed by atoms with E-state index in [1.807, 2.05) is 50.2 Å². The average molecular weight is 317 g/mol. The first-order chi connectivity index (χ1) is 10.6. The van der Waals surface area contributed by atoms with Gasteiger partial charge in [0.25, 0.3) is 5.91 Å². The monoisotopic (exact) mass is 316 g/mol. The number of hydrogen-bond acceptors (Lipinski definition) is 3. The molecule has 0 saturated carbocycles. The number of carbonyl (C=O) groups is 1. The van der Waals surface area contributed by atoms with Crippen molar-refractivity contribution in [3.8, 4) is 5.75 Å². The van der Waals surface area contributed by atoms with E-state index >= 15 is 0 Å². The van der Waals surface area contributed by atoms with E-state index in [0.717, 1.165) is 11.1 Å². The van der Waals surface area contributed by atoms with Crippen molar-refractivity contribution in [3.05, 3.63) is 64.7 Å². The van der Waals surface area contributed by atoms with E-state index in [1.54, 1.807) is 12.1 Å². The molecule has 0 aliphatic rings. The van der Waals surface area contributed by atoms with Gasteiger partial charge in [-0.1, -0.05) is 41.9 Å². The number of aryl methyl sites for hydroxylation is 1. The molecule has 0 bridgehead atoms. The predicted octanol–water partition coefficient (Wildman–Crippen LogP) is 3.57. The Hall–Kier alpha value is -2.33. The van der Waals surface area contributed by atoms with Crippen LogP contribution in [0.2, 0.25) is 5.02 Å². The van der Waals surface area contributed by atoms with Gasteiger partial charge in [0, 0.05) is 5.02 Å². The highest BCUT2D eigenvalue weighted by Gasteiger charge is 2.04. The van der Waals surface area contributed by atoms with Crippen LogP contribution in [0.15, 0.2) is 53.6 Å². The van der Waals surface area contributed by atoms with Crippen LogP contribution in [0.4, 0.5) is 0 Å². The molecule has 22 heavy (non-hydrogen) atoms. The van der Waals surface area contributed by atoms with Gasteiger partial charge in [0.15, 0.2) is 6.61 Å². The molecule has 0 atom stereocenters. The summed E-state index contributed by atoms with van der Waals surface area (Å²) in [5.74, 6) is 0.382. The van der Waals surface area contributed by atoms with Crippen molar-refractivity contribution in [3.63, 3.8) is 0 Å². The van der Waals surface area contributed by atoms with Crippen molar-refractivity contribution < 1.29 is 9.53 Å². The number of hydrazone groups is 1. The number of hydrogen-bond donors (Lipinski definition) is 1. The van der Waals surface area contributed by atoms with Crippen LogP contribution in [0.3, 0.4) is 0 Å². The highest BCUT2D eigenvalue weighted by Crippen LogP contribution is 2.15. The second-order valence-electron chi connectivity index (χ2n) is 4.79. The maximum absolute atomic E-state index is 11.8. The molecule has 4 nitrogen and oxygen atoms in total. The summed E-state index contributed by atoms with van der Waals surface area (Å²) >= 11 is 5.83. The quantitative estimate of drug-likeness (QED) is 0.677. The minimum Gasteiger partial charge on any atom is -0.483 e. The summed E-state index contributed by atoms with van der Waals surface area (Å²) < 4.78 is 5.45. The lowest BCUT2D eigenvalue weighted by Gasteiger charge is -2.08. The Balaban J connectivity index is 1.88. The molecule has 114 valence electrons. The highest BCUT2D eigenvalue weighted by molar-refractivity contribution is 6.30. The van der Waals surface area contributed by atoms with Crippen molar-refractivity contribution in [1.29, 1.82) is 0 Å². The number of amides is 1. The Morgan fingerprint density at radius 2 is 1.86 bits per heavy atom. The predicted molar refractivity (Wildman–Crippen MR) is 88.5 cm³/mol. The Labute approximate surface area is 134 Å². The number of nitrogens with zero attached hydrogens (tertiary/aromatic N) is 1. The van der Waals surface area contributed by atoms with Crippen LogP contribution in [-0.2, 0) is 4.79 Å². The molecule has 0 heterocycles. The number of carbonyl (C=O) groups excluding carboxylic acids is 1. The lowest BCUT2D eigenvalue weighted by Crippen LogP contribution is -2.25. The molecule has 0 fully saturated rings. The number of para-hydroxylation sites is 1. The largest absolute Gasteiger partial charge is 0.483 e. The number of rotatable bonds is 5. The fraction of sp³-hybridized carbons (Fsp3) is 0.176. The SMILES string of the molecule is C/C(=N/NC(=O)COc1ccccc1C)c1ccc(Cl)cc1. The van der Waals surface area contributed by atoms with Crippen molar-refractivity contribution in [2.24, 2.45) is 5.10 Å². The summed E-state index contributed by atoms with van der Waals surface area (Å²) in [4.78, 5) is 11.8. The first kappa shape index (κ1) is 16.0. The van der Waals surface area contributed by atoms with Crippen LogP contribution in [0.5, 0.6) is 5.75 Å². The Morgan fingerprint density at radius 3 is 2.55 bits per heavy atom. The Bertz CT molecular complexity index is 681. The van der Waals surface area contributed by atoms with Crippen LogP contribution >= 0.6 is 11.6 Å². The van der Waals surface area contributed by atoms with E-state index < -0.39 is 0 Å². The lowest BCUT2D eigenvalue weighted by atomic mass is 10.1. The Kier molecular flexibility index (Phi) is 5.55. The summed E-state index contributed by atoms with van der Waals surface area (Å²) in [5, 5.41) is 4.71. The van der Waals surface area contributed by atoms with Crippen molar-refractivity contribution in [1.82, 2.24) is 5.43 Å². The molecule has 5 heteroatoms. The fourth-order valence-corrected chi connectivity index (χ4v) is 1.92. The van der Waals surface area contributed by atoms with Gasteiger partial charge in [0.2, 0.25) is 0 Å². The summed E-state index contributed by atoms with van der Waals surface area (Å²) in [6, 6.07) is 14.8. The molecule has 2 aromatic carbocycles. The van der Waals surface area contributed by atoms with Gasteiger partial charge in [-0.05, 0) is 43.2 Å². The number of ether oxygens (including phenoxy) is 1. The third kappa shape index (κ3) is 4.60. The van der Waals surface area contributed by atoms with Crippen molar-refractivity contribution in [2.75, 3.05) is 6.61 Å². The van der Waals surface area contributed by atoms with Gasteiger partial charge in [-0.25, -0.2) is 5.43 Å². The van der Waals surface area contributed by atoms with Gasteiger partial charge in [0.1, 0.15) is 5.75 Å². The molecule has 0 spiro atoms. The zero-order valence-electron chi connectivity index (χ0n) is 12.5. The fourth-order valence-electron chi connectivity index (χ4n) is 1.80. The minimum atomic E-state index is -0.309. The summed E-state index contributed by atoms with van der Waals surface area (Å²) in [6.45, 7) is 3.66. The molecule has 0 unspecified atom stereocenters. The first-order valence-corrected chi connectivity index (χ1v) is 7.21. The van der Waals surface area contributed by atoms with Crippen molar-refractivity contribution in [2.45, 2.75) is 13.8 Å². The van der Waals surface area contributed by atoms with Crippen LogP contribution in [0, 0.1) is 6.92 Å². The second kappa shape index (κ2) is 7.61. The van der Waals surface area contributed by atoms with Crippen LogP contribution < -0.4 is 10.2 Å². The molecule has 2 aromatic rings. The van der Waals surface area contributed by atoms with Crippen LogP contribution in [0.1, 0.15) is 18.1 Å². The summed E-state index contributed by atoms with van der Waals surface area (Å²) in [5.41, 5.74) is 5.05. The third-order valence-corrected chi connectivity index (χ3v) is 3.31. The van der Waals surface area contributed by atoms with Gasteiger partial charge < -0.3 is 4.74 Å². The molecule has 1 amide bonds. The van der Waals surface area contributed by atoms with E-state index in [2.05, 4.69) is 10.5 Å². The minimum absolute atomic E-state index is 0.0811. The van der Waals surface area contributed by atoms with Crippen LogP contribution in [0.25, 0.3) is 0 Å².